The molecule has 1 aliphatic heterocycles. The van der Waals surface area contributed by atoms with Crippen LogP contribution in [0.25, 0.3) is 0 Å². The zero-order valence-electron chi connectivity index (χ0n) is 11.6. The fourth-order valence-corrected chi connectivity index (χ4v) is 2.27. The molecule has 5 heteroatoms. The lowest BCUT2D eigenvalue weighted by Crippen LogP contribution is -2.35. The number of anilines is 1. The third kappa shape index (κ3) is 2.34. The molecular formula is C15H17N5. The molecule has 1 atom stereocenters. The van der Waals surface area contributed by atoms with E-state index in [-0.39, 0.29) is 6.04 Å². The van der Waals surface area contributed by atoms with Gasteiger partial charge in [-0.25, -0.2) is 15.0 Å². The summed E-state index contributed by atoms with van der Waals surface area (Å²) in [6.45, 7) is 2.69. The van der Waals surface area contributed by atoms with Gasteiger partial charge in [0, 0.05) is 30.7 Å². The Kier molecular flexibility index (Phi) is 3.33. The lowest BCUT2D eigenvalue weighted by atomic mass is 10.1. The number of rotatable bonds is 2. The lowest BCUT2D eigenvalue weighted by molar-refractivity contribution is 0.658. The number of amidine groups is 1. The molecule has 0 amide bonds. The van der Waals surface area contributed by atoms with Crippen LogP contribution in [0.15, 0.2) is 47.7 Å². The summed E-state index contributed by atoms with van der Waals surface area (Å²) in [5, 5.41) is 3.41. The van der Waals surface area contributed by atoms with E-state index in [1.54, 1.807) is 12.4 Å². The number of aromatic nitrogens is 2. The number of para-hydroxylation sites is 1. The maximum Gasteiger partial charge on any atom is 0.150 e. The maximum absolute atomic E-state index is 4.59. The molecule has 0 aliphatic carbocycles. The van der Waals surface area contributed by atoms with Crippen LogP contribution in [0.3, 0.4) is 0 Å². The zero-order valence-corrected chi connectivity index (χ0v) is 11.6. The van der Waals surface area contributed by atoms with E-state index in [0.29, 0.717) is 6.67 Å². The normalized spacial score (nSPS) is 15.3. The summed E-state index contributed by atoms with van der Waals surface area (Å²) < 4.78 is 0. The quantitative estimate of drug-likeness (QED) is 0.904. The molecule has 2 aromatic rings. The largest absolute Gasteiger partial charge is 0.360 e. The smallest absolute Gasteiger partial charge is 0.150 e. The van der Waals surface area contributed by atoms with E-state index >= 15 is 0 Å². The van der Waals surface area contributed by atoms with Gasteiger partial charge in [0.25, 0.3) is 0 Å². The zero-order chi connectivity index (χ0) is 13.9. The molecule has 0 saturated carbocycles. The molecular weight excluding hydrogens is 250 g/mol. The summed E-state index contributed by atoms with van der Waals surface area (Å²) in [5.74, 6) is 1.67. The molecule has 1 aromatic carbocycles. The summed E-state index contributed by atoms with van der Waals surface area (Å²) in [6, 6.07) is 10.1. The van der Waals surface area contributed by atoms with Gasteiger partial charge in [-0.15, -0.1) is 0 Å². The highest BCUT2D eigenvalue weighted by Crippen LogP contribution is 2.23. The molecule has 5 nitrogen and oxygen atoms in total. The van der Waals surface area contributed by atoms with Gasteiger partial charge >= 0.3 is 0 Å². The van der Waals surface area contributed by atoms with Crippen molar-refractivity contribution in [2.75, 3.05) is 18.6 Å². The minimum absolute atomic E-state index is 0.0198. The second-order valence-corrected chi connectivity index (χ2v) is 4.84. The van der Waals surface area contributed by atoms with Crippen LogP contribution in [0.5, 0.6) is 0 Å². The third-order valence-electron chi connectivity index (χ3n) is 3.34. The van der Waals surface area contributed by atoms with Crippen molar-refractivity contribution in [3.05, 3.63) is 54.1 Å². The Morgan fingerprint density at radius 2 is 1.90 bits per heavy atom. The van der Waals surface area contributed by atoms with Crippen LogP contribution in [0.4, 0.5) is 5.69 Å². The Hall–Kier alpha value is -2.43. The van der Waals surface area contributed by atoms with E-state index < -0.39 is 0 Å². The number of hydrogen-bond donors (Lipinski definition) is 1. The lowest BCUT2D eigenvalue weighted by Gasteiger charge is -2.28. The van der Waals surface area contributed by atoms with Crippen molar-refractivity contribution in [1.29, 1.82) is 0 Å². The van der Waals surface area contributed by atoms with Gasteiger partial charge in [0.1, 0.15) is 18.3 Å². The monoisotopic (exact) mass is 267 g/mol. The van der Waals surface area contributed by atoms with Crippen molar-refractivity contribution in [2.24, 2.45) is 4.99 Å². The summed E-state index contributed by atoms with van der Waals surface area (Å²) in [7, 11) is 2.04. The molecule has 1 aromatic heterocycles. The number of nitrogens with zero attached hydrogens (tertiary/aromatic N) is 4. The number of nitrogens with one attached hydrogen (secondary N) is 1. The molecule has 0 saturated heterocycles. The maximum atomic E-state index is 4.59. The summed E-state index contributed by atoms with van der Waals surface area (Å²) >= 11 is 0. The van der Waals surface area contributed by atoms with Gasteiger partial charge in [0.05, 0.1) is 6.04 Å². The average Bonchev–Trinajstić information content (AvgIpc) is 2.51. The van der Waals surface area contributed by atoms with Crippen molar-refractivity contribution in [3.63, 3.8) is 0 Å². The molecule has 3 rings (SSSR count). The van der Waals surface area contributed by atoms with Gasteiger partial charge in [-0.05, 0) is 25.1 Å². The highest BCUT2D eigenvalue weighted by atomic mass is 15.2. The van der Waals surface area contributed by atoms with Gasteiger partial charge in [0.15, 0.2) is 0 Å². The molecule has 20 heavy (non-hydrogen) atoms. The fourth-order valence-electron chi connectivity index (χ4n) is 2.27. The minimum Gasteiger partial charge on any atom is -0.360 e. The highest BCUT2D eigenvalue weighted by Gasteiger charge is 2.19. The van der Waals surface area contributed by atoms with E-state index in [1.807, 2.05) is 32.2 Å². The first kappa shape index (κ1) is 12.6. The molecule has 0 spiro atoms. The fraction of sp³-hybridized carbons (Fsp3) is 0.267. The van der Waals surface area contributed by atoms with Gasteiger partial charge in [-0.1, -0.05) is 12.1 Å². The Morgan fingerprint density at radius 3 is 2.70 bits per heavy atom. The molecule has 1 unspecified atom stereocenters. The molecule has 0 bridgehead atoms. The Bertz CT molecular complexity index is 623. The van der Waals surface area contributed by atoms with Crippen LogP contribution < -0.4 is 10.2 Å². The van der Waals surface area contributed by atoms with Crippen molar-refractivity contribution in [3.8, 4) is 0 Å². The molecule has 102 valence electrons. The Labute approximate surface area is 118 Å². The Balaban J connectivity index is 1.85. The first-order valence-electron chi connectivity index (χ1n) is 6.64. The van der Waals surface area contributed by atoms with E-state index in [0.717, 1.165) is 17.2 Å². The molecule has 2 heterocycles. The van der Waals surface area contributed by atoms with Crippen LogP contribution in [0, 0.1) is 0 Å². The molecule has 1 N–H and O–H groups in total. The second kappa shape index (κ2) is 5.28. The minimum atomic E-state index is 0.0198. The highest BCUT2D eigenvalue weighted by molar-refractivity contribution is 6.05. The van der Waals surface area contributed by atoms with Gasteiger partial charge in [0.2, 0.25) is 0 Å². The number of aliphatic imine (C=N–C) groups is 1. The van der Waals surface area contributed by atoms with Crippen molar-refractivity contribution in [2.45, 2.75) is 13.0 Å². The van der Waals surface area contributed by atoms with Crippen molar-refractivity contribution < 1.29 is 0 Å². The van der Waals surface area contributed by atoms with Crippen LogP contribution in [-0.4, -0.2) is 29.5 Å². The van der Waals surface area contributed by atoms with Crippen LogP contribution in [0.1, 0.15) is 24.4 Å². The van der Waals surface area contributed by atoms with Crippen LogP contribution >= 0.6 is 0 Å². The first-order valence-corrected chi connectivity index (χ1v) is 6.64. The average molecular weight is 267 g/mol. The molecule has 0 radical (unpaired) electrons. The molecule has 0 fully saturated rings. The summed E-state index contributed by atoms with van der Waals surface area (Å²) in [5.41, 5.74) is 2.30. The predicted molar refractivity (Wildman–Crippen MR) is 79.8 cm³/mol. The van der Waals surface area contributed by atoms with Crippen molar-refractivity contribution >= 4 is 11.5 Å². The van der Waals surface area contributed by atoms with E-state index in [9.17, 15) is 0 Å². The van der Waals surface area contributed by atoms with E-state index in [1.165, 1.54) is 5.69 Å². The number of benzene rings is 1. The van der Waals surface area contributed by atoms with Gasteiger partial charge in [-0.3, -0.25) is 0 Å². The molecule has 1 aliphatic rings. The number of hydrogen-bond acceptors (Lipinski definition) is 5. The number of fused-ring (bicyclic) bond motifs is 1. The second-order valence-electron chi connectivity index (χ2n) is 4.84. The first-order chi connectivity index (χ1) is 9.75. The van der Waals surface area contributed by atoms with Crippen molar-refractivity contribution in [1.82, 2.24) is 15.3 Å². The predicted octanol–water partition coefficient (Wildman–Crippen LogP) is 1.98. The van der Waals surface area contributed by atoms with Crippen LogP contribution in [0.2, 0.25) is 0 Å². The SMILES string of the molecule is CC(NC1=NCN(C)c2ccccc21)c1ncccn1. The summed E-state index contributed by atoms with van der Waals surface area (Å²) in [4.78, 5) is 15.3. The standard InChI is InChI=1S/C15H17N5/c1-11(14-16-8-5-9-17-14)19-15-12-6-3-4-7-13(12)20(2)10-18-15/h3-9,11H,10H2,1-2H3,(H,18,19). The third-order valence-corrected chi connectivity index (χ3v) is 3.34. The van der Waals surface area contributed by atoms with Crippen LogP contribution in [-0.2, 0) is 0 Å². The van der Waals surface area contributed by atoms with E-state index in [2.05, 4.69) is 37.3 Å². The Morgan fingerprint density at radius 1 is 1.15 bits per heavy atom. The summed E-state index contributed by atoms with van der Waals surface area (Å²) in [6.07, 6.45) is 3.51. The van der Waals surface area contributed by atoms with Gasteiger partial charge in [-0.2, -0.15) is 0 Å². The van der Waals surface area contributed by atoms with Gasteiger partial charge < -0.3 is 10.2 Å². The van der Waals surface area contributed by atoms with E-state index in [4.69, 9.17) is 0 Å². The topological polar surface area (TPSA) is 53.4 Å².